The van der Waals surface area contributed by atoms with E-state index in [9.17, 15) is 4.79 Å². The maximum absolute atomic E-state index is 12.0. The lowest BCUT2D eigenvalue weighted by molar-refractivity contribution is -0.116. The van der Waals surface area contributed by atoms with E-state index in [1.165, 1.54) is 6.42 Å². The van der Waals surface area contributed by atoms with Crippen molar-refractivity contribution in [2.45, 2.75) is 26.2 Å². The van der Waals surface area contributed by atoms with Gasteiger partial charge in [-0.05, 0) is 32.1 Å². The average molecular weight is 331 g/mol. The van der Waals surface area contributed by atoms with Crippen LogP contribution in [0.25, 0.3) is 0 Å². The van der Waals surface area contributed by atoms with Gasteiger partial charge >= 0.3 is 0 Å². The quantitative estimate of drug-likeness (QED) is 0.755. The van der Waals surface area contributed by atoms with Gasteiger partial charge in [0.25, 0.3) is 0 Å². The van der Waals surface area contributed by atoms with E-state index in [4.69, 9.17) is 9.47 Å². The molecule has 22 heavy (non-hydrogen) atoms. The van der Waals surface area contributed by atoms with Crippen molar-refractivity contribution in [1.29, 1.82) is 0 Å². The van der Waals surface area contributed by atoms with E-state index in [0.717, 1.165) is 19.5 Å². The average Bonchev–Trinajstić information content (AvgIpc) is 2.51. The van der Waals surface area contributed by atoms with Crippen LogP contribution in [-0.4, -0.2) is 45.2 Å². The Balaban J connectivity index is 0.00000441. The first kappa shape index (κ1) is 20.5. The number of amides is 1. The van der Waals surface area contributed by atoms with Crippen LogP contribution in [0.4, 0.5) is 5.69 Å². The molecule has 0 aliphatic heterocycles. The Morgan fingerprint density at radius 1 is 1.23 bits per heavy atom. The van der Waals surface area contributed by atoms with Crippen molar-refractivity contribution in [3.63, 3.8) is 0 Å². The molecule has 0 unspecified atom stereocenters. The molecule has 1 amide bonds. The SMILES string of the molecule is CCCCN(C)CCC(=O)Nc1ccc(OC)cc1OC.Cl. The van der Waals surface area contributed by atoms with Crippen molar-refractivity contribution in [2.24, 2.45) is 0 Å². The van der Waals surface area contributed by atoms with Gasteiger partial charge in [0.05, 0.1) is 19.9 Å². The largest absolute Gasteiger partial charge is 0.497 e. The maximum Gasteiger partial charge on any atom is 0.225 e. The maximum atomic E-state index is 12.0. The summed E-state index contributed by atoms with van der Waals surface area (Å²) < 4.78 is 10.4. The number of ether oxygens (including phenoxy) is 2. The minimum absolute atomic E-state index is 0. The number of anilines is 1. The summed E-state index contributed by atoms with van der Waals surface area (Å²) in [6.45, 7) is 3.94. The van der Waals surface area contributed by atoms with Gasteiger partial charge in [-0.15, -0.1) is 12.4 Å². The first-order chi connectivity index (χ1) is 10.1. The molecular formula is C16H27ClN2O3. The summed E-state index contributed by atoms with van der Waals surface area (Å²) in [6.07, 6.45) is 2.79. The lowest BCUT2D eigenvalue weighted by atomic mass is 10.2. The number of methoxy groups -OCH3 is 2. The van der Waals surface area contributed by atoms with Crippen molar-refractivity contribution in [3.8, 4) is 11.5 Å². The van der Waals surface area contributed by atoms with Gasteiger partial charge in [-0.3, -0.25) is 4.79 Å². The Hall–Kier alpha value is -1.46. The fraction of sp³-hybridized carbons (Fsp3) is 0.562. The summed E-state index contributed by atoms with van der Waals surface area (Å²) >= 11 is 0. The molecule has 0 spiro atoms. The molecule has 0 radical (unpaired) electrons. The van der Waals surface area contributed by atoms with Crippen LogP contribution >= 0.6 is 12.4 Å². The van der Waals surface area contributed by atoms with Crippen molar-refractivity contribution in [3.05, 3.63) is 18.2 Å². The van der Waals surface area contributed by atoms with Gasteiger partial charge in [0.15, 0.2) is 0 Å². The van der Waals surface area contributed by atoms with Crippen LogP contribution in [0.2, 0.25) is 0 Å². The number of nitrogens with zero attached hydrogens (tertiary/aromatic N) is 1. The summed E-state index contributed by atoms with van der Waals surface area (Å²) in [7, 11) is 5.21. The lowest BCUT2D eigenvalue weighted by Gasteiger charge is -2.16. The molecule has 5 nitrogen and oxygen atoms in total. The summed E-state index contributed by atoms with van der Waals surface area (Å²) in [5.41, 5.74) is 0.666. The minimum Gasteiger partial charge on any atom is -0.497 e. The molecule has 0 bridgehead atoms. The predicted octanol–water partition coefficient (Wildman–Crippen LogP) is 3.19. The fourth-order valence-corrected chi connectivity index (χ4v) is 1.95. The standard InChI is InChI=1S/C16H26N2O3.ClH/c1-5-6-10-18(2)11-9-16(19)17-14-8-7-13(20-3)12-15(14)21-4;/h7-8,12H,5-6,9-11H2,1-4H3,(H,17,19);1H. The number of nitrogens with one attached hydrogen (secondary N) is 1. The zero-order chi connectivity index (χ0) is 15.7. The topological polar surface area (TPSA) is 50.8 Å². The van der Waals surface area contributed by atoms with E-state index >= 15 is 0 Å². The molecular weight excluding hydrogens is 304 g/mol. The van der Waals surface area contributed by atoms with Crippen molar-refractivity contribution < 1.29 is 14.3 Å². The van der Waals surface area contributed by atoms with Crippen LogP contribution < -0.4 is 14.8 Å². The van der Waals surface area contributed by atoms with Gasteiger partial charge in [0.2, 0.25) is 5.91 Å². The normalized spacial score (nSPS) is 10.0. The number of halogens is 1. The van der Waals surface area contributed by atoms with Crippen LogP contribution in [0.3, 0.4) is 0 Å². The molecule has 0 fully saturated rings. The van der Waals surface area contributed by atoms with Gasteiger partial charge in [-0.25, -0.2) is 0 Å². The van der Waals surface area contributed by atoms with E-state index in [0.29, 0.717) is 23.6 Å². The van der Waals surface area contributed by atoms with E-state index in [2.05, 4.69) is 17.1 Å². The molecule has 6 heteroatoms. The summed E-state index contributed by atoms with van der Waals surface area (Å²) in [4.78, 5) is 14.2. The number of rotatable bonds is 9. The zero-order valence-corrected chi connectivity index (χ0v) is 14.7. The summed E-state index contributed by atoms with van der Waals surface area (Å²) in [5, 5.41) is 2.88. The number of benzene rings is 1. The Bertz CT molecular complexity index is 455. The van der Waals surface area contributed by atoms with Gasteiger partial charge < -0.3 is 19.7 Å². The molecule has 126 valence electrons. The smallest absolute Gasteiger partial charge is 0.225 e. The molecule has 0 heterocycles. The number of carbonyl (C=O) groups excluding carboxylic acids is 1. The second-order valence-corrected chi connectivity index (χ2v) is 5.02. The van der Waals surface area contributed by atoms with Crippen LogP contribution in [0.15, 0.2) is 18.2 Å². The second-order valence-electron chi connectivity index (χ2n) is 5.02. The molecule has 1 rings (SSSR count). The van der Waals surface area contributed by atoms with Crippen LogP contribution in [0.1, 0.15) is 26.2 Å². The summed E-state index contributed by atoms with van der Waals surface area (Å²) in [5.74, 6) is 1.29. The molecule has 0 atom stereocenters. The van der Waals surface area contributed by atoms with Gasteiger partial charge in [0, 0.05) is 19.0 Å². The highest BCUT2D eigenvalue weighted by atomic mass is 35.5. The van der Waals surface area contributed by atoms with Gasteiger partial charge in [0.1, 0.15) is 11.5 Å². The second kappa shape index (κ2) is 11.2. The summed E-state index contributed by atoms with van der Waals surface area (Å²) in [6, 6.07) is 5.34. The number of hydrogen-bond donors (Lipinski definition) is 1. The highest BCUT2D eigenvalue weighted by molar-refractivity contribution is 5.92. The Morgan fingerprint density at radius 3 is 2.55 bits per heavy atom. The van der Waals surface area contributed by atoms with Gasteiger partial charge in [-0.2, -0.15) is 0 Å². The van der Waals surface area contributed by atoms with Crippen LogP contribution in [0, 0.1) is 0 Å². The van der Waals surface area contributed by atoms with Gasteiger partial charge in [-0.1, -0.05) is 13.3 Å². The Labute approximate surface area is 139 Å². The van der Waals surface area contributed by atoms with Crippen LogP contribution in [0.5, 0.6) is 11.5 Å². The van der Waals surface area contributed by atoms with Crippen molar-refractivity contribution in [2.75, 3.05) is 39.7 Å². The molecule has 0 aliphatic rings. The Morgan fingerprint density at radius 2 is 1.95 bits per heavy atom. The third kappa shape index (κ3) is 7.00. The zero-order valence-electron chi connectivity index (χ0n) is 13.8. The van der Waals surface area contributed by atoms with E-state index < -0.39 is 0 Å². The first-order valence-corrected chi connectivity index (χ1v) is 7.31. The van der Waals surface area contributed by atoms with Crippen molar-refractivity contribution >= 4 is 24.0 Å². The van der Waals surface area contributed by atoms with E-state index in [1.807, 2.05) is 7.05 Å². The highest BCUT2D eigenvalue weighted by Crippen LogP contribution is 2.29. The van der Waals surface area contributed by atoms with E-state index in [-0.39, 0.29) is 18.3 Å². The fourth-order valence-electron chi connectivity index (χ4n) is 1.95. The first-order valence-electron chi connectivity index (χ1n) is 7.31. The Kier molecular flexibility index (Phi) is 10.4. The number of unbranched alkanes of at least 4 members (excludes halogenated alkanes) is 1. The molecule has 1 N–H and O–H groups in total. The third-order valence-corrected chi connectivity index (χ3v) is 3.30. The molecule has 0 saturated carbocycles. The lowest BCUT2D eigenvalue weighted by Crippen LogP contribution is -2.25. The molecule has 0 aliphatic carbocycles. The monoisotopic (exact) mass is 330 g/mol. The van der Waals surface area contributed by atoms with E-state index in [1.54, 1.807) is 32.4 Å². The number of carbonyl (C=O) groups is 1. The minimum atomic E-state index is -0.0122. The molecule has 0 saturated heterocycles. The predicted molar refractivity (Wildman–Crippen MR) is 92.4 cm³/mol. The van der Waals surface area contributed by atoms with Crippen LogP contribution in [-0.2, 0) is 4.79 Å². The molecule has 1 aromatic carbocycles. The van der Waals surface area contributed by atoms with Crippen molar-refractivity contribution in [1.82, 2.24) is 4.90 Å². The highest BCUT2D eigenvalue weighted by Gasteiger charge is 2.09. The number of hydrogen-bond acceptors (Lipinski definition) is 4. The molecule has 0 aromatic heterocycles. The molecule has 1 aromatic rings. The third-order valence-electron chi connectivity index (χ3n) is 3.30.